The number of anilines is 1. The summed E-state index contributed by atoms with van der Waals surface area (Å²) in [4.78, 5) is 0. The van der Waals surface area contributed by atoms with Crippen LogP contribution in [0.5, 0.6) is 5.75 Å². The number of aryl methyl sites for hydroxylation is 2. The van der Waals surface area contributed by atoms with Crippen molar-refractivity contribution in [2.45, 2.75) is 72.3 Å². The molecule has 0 unspecified atom stereocenters. The van der Waals surface area contributed by atoms with Crippen molar-refractivity contribution < 1.29 is 4.74 Å². The maximum atomic E-state index is 6.32. The molecule has 0 atom stereocenters. The first kappa shape index (κ1) is 21.5. The summed E-state index contributed by atoms with van der Waals surface area (Å²) in [5.41, 5.74) is 9.89. The molecular weight excluding hydrogens is 382 g/mol. The molecule has 1 saturated carbocycles. The molecule has 1 aliphatic carbocycles. The Balaban J connectivity index is 1.55. The quantitative estimate of drug-likeness (QED) is 0.424. The van der Waals surface area contributed by atoms with Crippen molar-refractivity contribution >= 4 is 5.69 Å². The van der Waals surface area contributed by atoms with Gasteiger partial charge in [0.2, 0.25) is 0 Å². The molecule has 0 radical (unpaired) electrons. The van der Waals surface area contributed by atoms with Crippen molar-refractivity contribution in [3.63, 3.8) is 0 Å². The molecule has 4 heteroatoms. The van der Waals surface area contributed by atoms with Crippen LogP contribution in [0.4, 0.5) is 5.69 Å². The third-order valence-corrected chi connectivity index (χ3v) is 6.50. The van der Waals surface area contributed by atoms with Gasteiger partial charge in [0.25, 0.3) is 0 Å². The van der Waals surface area contributed by atoms with E-state index in [4.69, 9.17) is 9.84 Å². The van der Waals surface area contributed by atoms with Crippen molar-refractivity contribution in [1.82, 2.24) is 9.78 Å². The minimum Gasteiger partial charge on any atom is -0.489 e. The summed E-state index contributed by atoms with van der Waals surface area (Å²) in [6.45, 7) is 9.24. The van der Waals surface area contributed by atoms with Crippen LogP contribution in [0.15, 0.2) is 36.4 Å². The van der Waals surface area contributed by atoms with Crippen LogP contribution in [0.25, 0.3) is 5.69 Å². The normalized spacial score (nSPS) is 13.5. The monoisotopic (exact) mass is 417 g/mol. The second kappa shape index (κ2) is 9.17. The number of unbranched alkanes of at least 4 members (excludes halogenated alkanes) is 1. The Morgan fingerprint density at radius 2 is 1.90 bits per heavy atom. The first-order valence-electron chi connectivity index (χ1n) is 11.6. The zero-order valence-corrected chi connectivity index (χ0v) is 19.6. The maximum Gasteiger partial charge on any atom is 0.122 e. The number of hydrogen-bond acceptors (Lipinski definition) is 3. The number of ether oxygens (including phenoxy) is 1. The second-order valence-electron chi connectivity index (χ2n) is 8.80. The number of nitrogens with zero attached hydrogens (tertiary/aromatic N) is 2. The molecule has 1 aromatic heterocycles. The Hall–Kier alpha value is -2.75. The van der Waals surface area contributed by atoms with Crippen molar-refractivity contribution in [3.8, 4) is 11.4 Å². The van der Waals surface area contributed by atoms with Gasteiger partial charge in [0.1, 0.15) is 12.4 Å². The van der Waals surface area contributed by atoms with Crippen LogP contribution in [0.1, 0.15) is 72.2 Å². The molecule has 31 heavy (non-hydrogen) atoms. The minimum atomic E-state index is 0.587. The third-order valence-electron chi connectivity index (χ3n) is 6.50. The van der Waals surface area contributed by atoms with E-state index in [9.17, 15) is 0 Å². The number of rotatable bonds is 9. The summed E-state index contributed by atoms with van der Waals surface area (Å²) >= 11 is 0. The summed E-state index contributed by atoms with van der Waals surface area (Å²) in [5, 5.41) is 8.16. The highest BCUT2D eigenvalue weighted by Crippen LogP contribution is 2.43. The van der Waals surface area contributed by atoms with Gasteiger partial charge < -0.3 is 10.1 Å². The van der Waals surface area contributed by atoms with E-state index in [0.717, 1.165) is 29.1 Å². The van der Waals surface area contributed by atoms with E-state index < -0.39 is 0 Å². The molecule has 1 aliphatic rings. The van der Waals surface area contributed by atoms with Gasteiger partial charge in [-0.05, 0) is 93.3 Å². The Labute approximate surface area is 186 Å². The molecule has 4 nitrogen and oxygen atoms in total. The van der Waals surface area contributed by atoms with Crippen LogP contribution >= 0.6 is 0 Å². The van der Waals surface area contributed by atoms with Crippen LogP contribution in [0, 0.1) is 20.8 Å². The fraction of sp³-hybridized carbons (Fsp3) is 0.444. The first-order chi connectivity index (χ1) is 15.0. The van der Waals surface area contributed by atoms with Gasteiger partial charge in [0, 0.05) is 24.0 Å². The van der Waals surface area contributed by atoms with Gasteiger partial charge in [-0.15, -0.1) is 0 Å². The highest BCUT2D eigenvalue weighted by molar-refractivity contribution is 5.56. The lowest BCUT2D eigenvalue weighted by Crippen LogP contribution is -2.06. The Morgan fingerprint density at radius 3 is 2.58 bits per heavy atom. The molecule has 164 valence electrons. The predicted molar refractivity (Wildman–Crippen MR) is 129 cm³/mol. The molecule has 0 amide bonds. The molecule has 0 bridgehead atoms. The van der Waals surface area contributed by atoms with Gasteiger partial charge in [-0.3, -0.25) is 0 Å². The SMILES string of the molecule is CCCCc1c(C)nn(-c2ccc(OCc3c(NC)cccc3C3CC3)c(C)c2)c1C. The van der Waals surface area contributed by atoms with E-state index in [1.807, 2.05) is 7.05 Å². The summed E-state index contributed by atoms with van der Waals surface area (Å²) in [5.74, 6) is 1.63. The zero-order chi connectivity index (χ0) is 22.0. The van der Waals surface area contributed by atoms with E-state index >= 15 is 0 Å². The minimum absolute atomic E-state index is 0.587. The molecule has 1 fully saturated rings. The average molecular weight is 418 g/mol. The third kappa shape index (κ3) is 4.48. The maximum absolute atomic E-state index is 6.32. The standard InChI is InChI=1S/C27H35N3O/c1-6-7-9-23-19(3)29-30(20(23)4)22-14-15-27(18(2)16-22)31-17-25-24(21-12-13-21)10-8-11-26(25)28-5/h8,10-11,14-16,21,28H,6-7,9,12-13,17H2,1-5H3. The highest BCUT2D eigenvalue weighted by atomic mass is 16.5. The molecule has 2 aromatic carbocycles. The van der Waals surface area contributed by atoms with Crippen molar-refractivity contribution in [2.75, 3.05) is 12.4 Å². The van der Waals surface area contributed by atoms with E-state index in [-0.39, 0.29) is 0 Å². The summed E-state index contributed by atoms with van der Waals surface area (Å²) < 4.78 is 8.40. The lowest BCUT2D eigenvalue weighted by Gasteiger charge is -2.17. The van der Waals surface area contributed by atoms with E-state index in [1.165, 1.54) is 53.8 Å². The Morgan fingerprint density at radius 1 is 1.10 bits per heavy atom. The molecule has 3 aromatic rings. The lowest BCUT2D eigenvalue weighted by molar-refractivity contribution is 0.303. The molecule has 1 N–H and O–H groups in total. The molecule has 0 spiro atoms. The predicted octanol–water partition coefficient (Wildman–Crippen LogP) is 6.64. The molecular formula is C27H35N3O. The van der Waals surface area contributed by atoms with Crippen LogP contribution in [0.3, 0.4) is 0 Å². The van der Waals surface area contributed by atoms with Crippen molar-refractivity contribution in [1.29, 1.82) is 0 Å². The number of benzene rings is 2. The van der Waals surface area contributed by atoms with Crippen molar-refractivity contribution in [3.05, 3.63) is 70.0 Å². The summed E-state index contributed by atoms with van der Waals surface area (Å²) in [6.07, 6.45) is 6.08. The number of nitrogens with one attached hydrogen (secondary N) is 1. The fourth-order valence-electron chi connectivity index (χ4n) is 4.50. The van der Waals surface area contributed by atoms with Gasteiger partial charge in [-0.2, -0.15) is 5.10 Å². The Bertz CT molecular complexity index is 1060. The molecule has 0 aliphatic heterocycles. The molecule has 0 saturated heterocycles. The van der Waals surface area contributed by atoms with Gasteiger partial charge in [-0.1, -0.05) is 25.5 Å². The first-order valence-corrected chi connectivity index (χ1v) is 11.6. The van der Waals surface area contributed by atoms with Crippen LogP contribution < -0.4 is 10.1 Å². The smallest absolute Gasteiger partial charge is 0.122 e. The number of hydrogen-bond donors (Lipinski definition) is 1. The molecule has 4 rings (SSSR count). The van der Waals surface area contributed by atoms with E-state index in [0.29, 0.717) is 12.5 Å². The second-order valence-corrected chi connectivity index (χ2v) is 8.80. The largest absolute Gasteiger partial charge is 0.489 e. The van der Waals surface area contributed by atoms with Crippen molar-refractivity contribution in [2.24, 2.45) is 0 Å². The van der Waals surface area contributed by atoms with Gasteiger partial charge >= 0.3 is 0 Å². The van der Waals surface area contributed by atoms with Crippen LogP contribution in [-0.2, 0) is 13.0 Å². The Kier molecular flexibility index (Phi) is 6.35. The highest BCUT2D eigenvalue weighted by Gasteiger charge is 2.27. The van der Waals surface area contributed by atoms with Crippen LogP contribution in [0.2, 0.25) is 0 Å². The fourth-order valence-corrected chi connectivity index (χ4v) is 4.50. The number of aromatic nitrogens is 2. The topological polar surface area (TPSA) is 39.1 Å². The van der Waals surface area contributed by atoms with Gasteiger partial charge in [0.05, 0.1) is 11.4 Å². The van der Waals surface area contributed by atoms with Gasteiger partial charge in [-0.25, -0.2) is 4.68 Å². The van der Waals surface area contributed by atoms with Gasteiger partial charge in [0.15, 0.2) is 0 Å². The summed E-state index contributed by atoms with van der Waals surface area (Å²) in [7, 11) is 1.98. The van der Waals surface area contributed by atoms with Crippen LogP contribution in [-0.4, -0.2) is 16.8 Å². The van der Waals surface area contributed by atoms with E-state index in [1.54, 1.807) is 0 Å². The zero-order valence-electron chi connectivity index (χ0n) is 19.6. The average Bonchev–Trinajstić information content (AvgIpc) is 3.57. The summed E-state index contributed by atoms with van der Waals surface area (Å²) in [6, 6.07) is 12.9. The molecule has 1 heterocycles. The lowest BCUT2D eigenvalue weighted by atomic mass is 10.0. The van der Waals surface area contributed by atoms with E-state index in [2.05, 4.69) is 74.1 Å².